The molecule has 0 aliphatic heterocycles. The molecule has 1 heterocycles. The molecule has 0 bridgehead atoms. The number of fused-ring (bicyclic) bond motifs is 1. The van der Waals surface area contributed by atoms with E-state index in [9.17, 15) is 4.79 Å². The Bertz CT molecular complexity index is 616. The minimum absolute atomic E-state index is 0.342. The van der Waals surface area contributed by atoms with E-state index >= 15 is 0 Å². The summed E-state index contributed by atoms with van der Waals surface area (Å²) >= 11 is 0. The molecule has 1 aromatic carbocycles. The number of esters is 1. The number of allylic oxidation sites excluding steroid dienone is 1. The van der Waals surface area contributed by atoms with Crippen LogP contribution >= 0.6 is 0 Å². The number of carbonyl (C=O) groups excluding carboxylic acids is 1. The first-order valence-corrected chi connectivity index (χ1v) is 7.34. The lowest BCUT2D eigenvalue weighted by molar-refractivity contribution is -0.145. The van der Waals surface area contributed by atoms with E-state index in [1.807, 2.05) is 36.5 Å². The second-order valence-corrected chi connectivity index (χ2v) is 5.01. The zero-order valence-corrected chi connectivity index (χ0v) is 12.3. The average Bonchev–Trinajstić information content (AvgIpc) is 2.90. The number of carbonyl (C=O) groups is 1. The van der Waals surface area contributed by atoms with Gasteiger partial charge in [-0.3, -0.25) is 4.79 Å². The highest BCUT2D eigenvalue weighted by atomic mass is 16.5. The van der Waals surface area contributed by atoms with Crippen LogP contribution in [0.3, 0.4) is 0 Å². The molecule has 4 nitrogen and oxygen atoms in total. The third-order valence-corrected chi connectivity index (χ3v) is 3.35. The normalized spacial score (nSPS) is 12.9. The molecule has 0 unspecified atom stereocenters. The smallest absolute Gasteiger partial charge is 0.323 e. The van der Waals surface area contributed by atoms with Crippen LogP contribution in [0.2, 0.25) is 0 Å². The van der Waals surface area contributed by atoms with Crippen LogP contribution in [0.25, 0.3) is 10.9 Å². The van der Waals surface area contributed by atoms with Gasteiger partial charge in [0.05, 0.1) is 6.61 Å². The monoisotopic (exact) mass is 286 g/mol. The fourth-order valence-corrected chi connectivity index (χ4v) is 2.24. The van der Waals surface area contributed by atoms with E-state index in [1.54, 1.807) is 0 Å². The van der Waals surface area contributed by atoms with Gasteiger partial charge in [-0.25, -0.2) is 0 Å². The quantitative estimate of drug-likeness (QED) is 0.467. The second-order valence-electron chi connectivity index (χ2n) is 5.01. The molecular formula is C17H22N2O2. The van der Waals surface area contributed by atoms with Crippen LogP contribution in [-0.4, -0.2) is 23.6 Å². The highest BCUT2D eigenvalue weighted by Gasteiger charge is 2.17. The van der Waals surface area contributed by atoms with E-state index in [0.29, 0.717) is 13.0 Å². The third kappa shape index (κ3) is 4.20. The Balaban J connectivity index is 1.87. The topological polar surface area (TPSA) is 68.1 Å². The summed E-state index contributed by atoms with van der Waals surface area (Å²) in [5.74, 6) is -0.342. The minimum atomic E-state index is -0.626. The number of hydrogen-bond donors (Lipinski definition) is 2. The molecule has 0 fully saturated rings. The molecule has 0 aliphatic carbocycles. The van der Waals surface area contributed by atoms with Crippen molar-refractivity contribution < 1.29 is 9.53 Å². The Morgan fingerprint density at radius 2 is 2.19 bits per heavy atom. The lowest BCUT2D eigenvalue weighted by Crippen LogP contribution is -2.34. The molecule has 2 aromatic rings. The molecule has 112 valence electrons. The second kappa shape index (κ2) is 7.64. The Labute approximate surface area is 125 Å². The molecule has 0 saturated carbocycles. The van der Waals surface area contributed by atoms with Crippen LogP contribution in [0.4, 0.5) is 0 Å². The summed E-state index contributed by atoms with van der Waals surface area (Å²) in [4.78, 5) is 15.0. The summed E-state index contributed by atoms with van der Waals surface area (Å²) in [6, 6.07) is 7.35. The number of H-pyrrole nitrogens is 1. The van der Waals surface area contributed by atoms with Crippen LogP contribution in [0, 0.1) is 0 Å². The summed E-state index contributed by atoms with van der Waals surface area (Å²) in [7, 11) is 0. The number of nitrogens with one attached hydrogen (secondary N) is 1. The summed E-state index contributed by atoms with van der Waals surface area (Å²) < 4.78 is 5.19. The van der Waals surface area contributed by atoms with Gasteiger partial charge in [-0.15, -0.1) is 0 Å². The number of ether oxygens (including phenoxy) is 1. The Morgan fingerprint density at radius 1 is 1.38 bits per heavy atom. The number of rotatable bonds is 7. The van der Waals surface area contributed by atoms with Crippen LogP contribution in [0.5, 0.6) is 0 Å². The number of para-hydroxylation sites is 1. The molecule has 2 rings (SSSR count). The van der Waals surface area contributed by atoms with Crippen molar-refractivity contribution in [3.8, 4) is 0 Å². The first-order chi connectivity index (χ1) is 10.2. The summed E-state index contributed by atoms with van der Waals surface area (Å²) in [5, 5.41) is 1.10. The van der Waals surface area contributed by atoms with Crippen molar-refractivity contribution in [3.63, 3.8) is 0 Å². The molecule has 0 saturated heterocycles. The van der Waals surface area contributed by atoms with Crippen molar-refractivity contribution in [2.45, 2.75) is 32.2 Å². The van der Waals surface area contributed by atoms with Gasteiger partial charge in [0, 0.05) is 23.5 Å². The molecule has 0 aliphatic rings. The maximum Gasteiger partial charge on any atom is 0.323 e. The summed E-state index contributed by atoms with van der Waals surface area (Å²) in [5.41, 5.74) is 8.03. The number of aromatic nitrogens is 1. The van der Waals surface area contributed by atoms with Crippen LogP contribution in [-0.2, 0) is 16.0 Å². The lowest BCUT2D eigenvalue weighted by atomic mass is 10.1. The van der Waals surface area contributed by atoms with Gasteiger partial charge in [0.1, 0.15) is 6.04 Å². The van der Waals surface area contributed by atoms with Gasteiger partial charge < -0.3 is 15.5 Å². The largest absolute Gasteiger partial charge is 0.464 e. The summed E-state index contributed by atoms with van der Waals surface area (Å²) in [6.07, 6.45) is 8.18. The van der Waals surface area contributed by atoms with Crippen LogP contribution in [0.15, 0.2) is 42.6 Å². The third-order valence-electron chi connectivity index (χ3n) is 3.35. The van der Waals surface area contributed by atoms with Crippen molar-refractivity contribution in [2.75, 3.05) is 6.61 Å². The maximum atomic E-state index is 11.9. The summed E-state index contributed by atoms with van der Waals surface area (Å²) in [6.45, 7) is 2.45. The van der Waals surface area contributed by atoms with Crippen molar-refractivity contribution in [1.82, 2.24) is 4.98 Å². The average molecular weight is 286 g/mol. The fraction of sp³-hybridized carbons (Fsp3) is 0.353. The molecule has 1 atom stereocenters. The number of aromatic amines is 1. The molecule has 3 N–H and O–H groups in total. The van der Waals surface area contributed by atoms with Gasteiger partial charge in [-0.2, -0.15) is 0 Å². The fourth-order valence-electron chi connectivity index (χ4n) is 2.24. The van der Waals surface area contributed by atoms with E-state index in [1.165, 1.54) is 0 Å². The standard InChI is InChI=1S/C17H22N2O2/c1-2-3-4-7-10-21-17(20)15(18)11-13-12-19-16-9-6-5-8-14(13)16/h3-6,8-9,12,15,19H,2,7,10-11,18H2,1H3/b4-3-/t15-/m0/s1. The highest BCUT2D eigenvalue weighted by molar-refractivity contribution is 5.84. The Kier molecular flexibility index (Phi) is 5.58. The maximum absolute atomic E-state index is 11.9. The van der Waals surface area contributed by atoms with Crippen LogP contribution < -0.4 is 5.73 Å². The first-order valence-electron chi connectivity index (χ1n) is 7.34. The van der Waals surface area contributed by atoms with Gasteiger partial charge in [0.2, 0.25) is 0 Å². The molecule has 4 heteroatoms. The minimum Gasteiger partial charge on any atom is -0.464 e. The molecule has 0 amide bonds. The molecule has 21 heavy (non-hydrogen) atoms. The van der Waals surface area contributed by atoms with Crippen LogP contribution in [0.1, 0.15) is 25.3 Å². The first kappa shape index (κ1) is 15.3. The van der Waals surface area contributed by atoms with Gasteiger partial charge in [0.25, 0.3) is 0 Å². The number of nitrogens with two attached hydrogens (primary N) is 1. The van der Waals surface area contributed by atoms with E-state index in [4.69, 9.17) is 10.5 Å². The van der Waals surface area contributed by atoms with E-state index in [2.05, 4.69) is 18.0 Å². The predicted octanol–water partition coefficient (Wildman–Crippen LogP) is 2.94. The number of hydrogen-bond acceptors (Lipinski definition) is 3. The number of benzene rings is 1. The zero-order chi connectivity index (χ0) is 15.1. The van der Waals surface area contributed by atoms with E-state index in [-0.39, 0.29) is 5.97 Å². The predicted molar refractivity (Wildman–Crippen MR) is 85.0 cm³/mol. The Morgan fingerprint density at radius 3 is 3.00 bits per heavy atom. The van der Waals surface area contributed by atoms with Crippen molar-refractivity contribution in [1.29, 1.82) is 0 Å². The lowest BCUT2D eigenvalue weighted by Gasteiger charge is -2.10. The van der Waals surface area contributed by atoms with Crippen molar-refractivity contribution in [2.24, 2.45) is 5.73 Å². The molecule has 0 spiro atoms. The SMILES string of the molecule is CC/C=C\CCOC(=O)[C@@H](N)Cc1c[nH]c2ccccc12. The van der Waals surface area contributed by atoms with Gasteiger partial charge in [-0.1, -0.05) is 37.3 Å². The highest BCUT2D eigenvalue weighted by Crippen LogP contribution is 2.18. The molecular weight excluding hydrogens is 264 g/mol. The molecule has 0 radical (unpaired) electrons. The Hall–Kier alpha value is -2.07. The van der Waals surface area contributed by atoms with Crippen molar-refractivity contribution >= 4 is 16.9 Å². The van der Waals surface area contributed by atoms with Gasteiger partial charge in [-0.05, 0) is 24.5 Å². The molecule has 1 aromatic heterocycles. The van der Waals surface area contributed by atoms with Gasteiger partial charge >= 0.3 is 5.97 Å². The van der Waals surface area contributed by atoms with Gasteiger partial charge in [0.15, 0.2) is 0 Å². The zero-order valence-electron chi connectivity index (χ0n) is 12.3. The van der Waals surface area contributed by atoms with E-state index < -0.39 is 6.04 Å². The van der Waals surface area contributed by atoms with E-state index in [0.717, 1.165) is 29.3 Å². The van der Waals surface area contributed by atoms with Crippen molar-refractivity contribution in [3.05, 3.63) is 48.2 Å².